The van der Waals surface area contributed by atoms with Gasteiger partial charge in [-0.2, -0.15) is 0 Å². The Morgan fingerprint density at radius 1 is 1.25 bits per heavy atom. The van der Waals surface area contributed by atoms with E-state index in [1.165, 1.54) is 17.5 Å². The summed E-state index contributed by atoms with van der Waals surface area (Å²) in [4.78, 5) is 16.7. The van der Waals surface area contributed by atoms with Crippen LogP contribution in [0.4, 0.5) is 0 Å². The largest absolute Gasteiger partial charge is 0.487 e. The molecule has 2 saturated heterocycles. The van der Waals surface area contributed by atoms with Crippen molar-refractivity contribution in [2.24, 2.45) is 0 Å². The molecular weight excluding hydrogens is 300 g/mol. The minimum atomic E-state index is -0.0761. The molecule has 0 spiro atoms. The van der Waals surface area contributed by atoms with Gasteiger partial charge in [-0.25, -0.2) is 0 Å². The van der Waals surface area contributed by atoms with E-state index < -0.39 is 0 Å². The summed E-state index contributed by atoms with van der Waals surface area (Å²) in [6.45, 7) is 8.39. The number of carbonyl (C=O) groups excluding carboxylic acids is 1. The lowest BCUT2D eigenvalue weighted by molar-refractivity contribution is -0.130. The molecule has 0 N–H and O–H groups in total. The molecule has 1 aromatic carbocycles. The second-order valence-electron chi connectivity index (χ2n) is 8.20. The fourth-order valence-corrected chi connectivity index (χ4v) is 4.50. The van der Waals surface area contributed by atoms with Gasteiger partial charge in [0.25, 0.3) is 0 Å². The number of hydrogen-bond donors (Lipinski definition) is 0. The Kier molecular flexibility index (Phi) is 4.03. The van der Waals surface area contributed by atoms with Crippen molar-refractivity contribution < 1.29 is 9.53 Å². The molecule has 1 atom stereocenters. The van der Waals surface area contributed by atoms with Crippen LogP contribution >= 0.6 is 0 Å². The van der Waals surface area contributed by atoms with E-state index in [2.05, 4.69) is 41.8 Å². The third-order valence-electron chi connectivity index (χ3n) is 5.56. The number of hydrogen-bond acceptors (Lipinski definition) is 3. The smallest absolute Gasteiger partial charge is 0.222 e. The van der Waals surface area contributed by atoms with E-state index in [0.29, 0.717) is 11.9 Å². The lowest BCUT2D eigenvalue weighted by atomic mass is 9.99. The minimum Gasteiger partial charge on any atom is -0.487 e. The Balaban J connectivity index is 1.41. The van der Waals surface area contributed by atoms with Crippen molar-refractivity contribution in [1.82, 2.24) is 9.80 Å². The molecule has 4 rings (SSSR count). The zero-order chi connectivity index (χ0) is 16.7. The highest BCUT2D eigenvalue weighted by molar-refractivity contribution is 5.78. The van der Waals surface area contributed by atoms with Crippen molar-refractivity contribution in [2.45, 2.75) is 64.1 Å². The molecule has 4 nitrogen and oxygen atoms in total. The lowest BCUT2D eigenvalue weighted by Crippen LogP contribution is -2.48. The van der Waals surface area contributed by atoms with Crippen molar-refractivity contribution in [2.75, 3.05) is 19.6 Å². The minimum absolute atomic E-state index is 0.0761. The second kappa shape index (κ2) is 6.07. The second-order valence-corrected chi connectivity index (χ2v) is 8.20. The highest BCUT2D eigenvalue weighted by Crippen LogP contribution is 2.35. The van der Waals surface area contributed by atoms with E-state index in [1.807, 2.05) is 0 Å². The zero-order valence-electron chi connectivity index (χ0n) is 14.9. The summed E-state index contributed by atoms with van der Waals surface area (Å²) in [5.74, 6) is 1.40. The summed E-state index contributed by atoms with van der Waals surface area (Å²) in [6.07, 6.45) is 5.12. The van der Waals surface area contributed by atoms with Gasteiger partial charge in [-0.05, 0) is 56.8 Å². The summed E-state index contributed by atoms with van der Waals surface area (Å²) >= 11 is 0. The first kappa shape index (κ1) is 15.9. The summed E-state index contributed by atoms with van der Waals surface area (Å²) in [6, 6.07) is 7.06. The van der Waals surface area contributed by atoms with Gasteiger partial charge in [-0.3, -0.25) is 9.69 Å². The highest BCUT2D eigenvalue weighted by atomic mass is 16.5. The van der Waals surface area contributed by atoms with Crippen molar-refractivity contribution in [3.8, 4) is 5.75 Å². The molecule has 0 unspecified atom stereocenters. The van der Waals surface area contributed by atoms with Crippen LogP contribution in [-0.2, 0) is 17.8 Å². The Morgan fingerprint density at radius 3 is 2.92 bits per heavy atom. The number of carbonyl (C=O) groups is 1. The molecule has 130 valence electrons. The van der Waals surface area contributed by atoms with E-state index in [9.17, 15) is 4.79 Å². The number of fused-ring (bicyclic) bond motifs is 1. The third kappa shape index (κ3) is 3.16. The van der Waals surface area contributed by atoms with Gasteiger partial charge in [0.15, 0.2) is 0 Å². The summed E-state index contributed by atoms with van der Waals surface area (Å²) in [7, 11) is 0. The first-order valence-corrected chi connectivity index (χ1v) is 9.33. The maximum Gasteiger partial charge on any atom is 0.222 e. The van der Waals surface area contributed by atoms with E-state index >= 15 is 0 Å². The molecule has 0 saturated carbocycles. The average Bonchev–Trinajstić information content (AvgIpc) is 3.08. The molecule has 0 aromatic heterocycles. The first-order chi connectivity index (χ1) is 11.5. The summed E-state index contributed by atoms with van der Waals surface area (Å²) in [5, 5.41) is 0. The van der Waals surface area contributed by atoms with Crippen LogP contribution in [0, 0.1) is 0 Å². The molecular formula is C20H28N2O2. The molecule has 1 amide bonds. The van der Waals surface area contributed by atoms with Crippen LogP contribution in [0.15, 0.2) is 18.2 Å². The number of piperidine rings is 1. The van der Waals surface area contributed by atoms with Gasteiger partial charge < -0.3 is 9.64 Å². The maximum atomic E-state index is 12.0. The highest BCUT2D eigenvalue weighted by Gasteiger charge is 2.32. The molecule has 24 heavy (non-hydrogen) atoms. The molecule has 3 aliphatic rings. The number of rotatable bonds is 3. The van der Waals surface area contributed by atoms with Crippen molar-refractivity contribution in [3.05, 3.63) is 29.3 Å². The molecule has 3 heterocycles. The van der Waals surface area contributed by atoms with Crippen molar-refractivity contribution in [1.29, 1.82) is 0 Å². The number of benzene rings is 1. The van der Waals surface area contributed by atoms with E-state index in [1.54, 1.807) is 0 Å². The van der Waals surface area contributed by atoms with Gasteiger partial charge in [-0.15, -0.1) is 0 Å². The average molecular weight is 328 g/mol. The van der Waals surface area contributed by atoms with Gasteiger partial charge in [0, 0.05) is 38.5 Å². The van der Waals surface area contributed by atoms with Crippen LogP contribution in [0.25, 0.3) is 0 Å². The SMILES string of the molecule is CC1(C)Cc2cc(CN3CCC[C@@H](N4CCCC4=O)C3)ccc2O1. The zero-order valence-corrected chi connectivity index (χ0v) is 14.9. The molecule has 4 heteroatoms. The van der Waals surface area contributed by atoms with Crippen molar-refractivity contribution >= 4 is 5.91 Å². The fraction of sp³-hybridized carbons (Fsp3) is 0.650. The van der Waals surface area contributed by atoms with Crippen LogP contribution in [0.1, 0.15) is 50.7 Å². The topological polar surface area (TPSA) is 32.8 Å². The number of amides is 1. The van der Waals surface area contributed by atoms with Crippen LogP contribution in [0.5, 0.6) is 5.75 Å². The number of ether oxygens (including phenoxy) is 1. The van der Waals surface area contributed by atoms with Gasteiger partial charge in [0.2, 0.25) is 5.91 Å². The first-order valence-electron chi connectivity index (χ1n) is 9.33. The molecule has 0 bridgehead atoms. The molecule has 1 aromatic rings. The third-order valence-corrected chi connectivity index (χ3v) is 5.56. The van der Waals surface area contributed by atoms with E-state index in [4.69, 9.17) is 4.74 Å². The molecule has 0 radical (unpaired) electrons. The molecule has 2 fully saturated rings. The standard InChI is InChI=1S/C20H28N2O2/c1-20(2)12-16-11-15(7-8-18(16)24-20)13-21-9-3-5-17(14-21)22-10-4-6-19(22)23/h7-8,11,17H,3-6,9-10,12-14H2,1-2H3/t17-/m1/s1. The Labute approximate surface area is 144 Å². The van der Waals surface area contributed by atoms with Gasteiger partial charge in [-0.1, -0.05) is 12.1 Å². The Morgan fingerprint density at radius 2 is 2.12 bits per heavy atom. The predicted octanol–water partition coefficient (Wildman–Crippen LogP) is 2.99. The fourth-order valence-electron chi connectivity index (χ4n) is 4.50. The predicted molar refractivity (Wildman–Crippen MR) is 94.1 cm³/mol. The van der Waals surface area contributed by atoms with Gasteiger partial charge >= 0.3 is 0 Å². The Bertz CT molecular complexity index is 641. The van der Waals surface area contributed by atoms with Crippen LogP contribution in [0.2, 0.25) is 0 Å². The van der Waals surface area contributed by atoms with E-state index in [0.717, 1.165) is 57.6 Å². The van der Waals surface area contributed by atoms with Crippen LogP contribution in [0.3, 0.4) is 0 Å². The number of likely N-dealkylation sites (tertiary alicyclic amines) is 2. The van der Waals surface area contributed by atoms with Gasteiger partial charge in [0.05, 0.1) is 0 Å². The van der Waals surface area contributed by atoms with Gasteiger partial charge in [0.1, 0.15) is 11.4 Å². The maximum absolute atomic E-state index is 12.0. The van der Waals surface area contributed by atoms with Crippen LogP contribution in [-0.4, -0.2) is 47.0 Å². The Hall–Kier alpha value is -1.55. The monoisotopic (exact) mass is 328 g/mol. The summed E-state index contributed by atoms with van der Waals surface area (Å²) < 4.78 is 5.98. The normalized spacial score (nSPS) is 26.5. The van der Waals surface area contributed by atoms with Crippen molar-refractivity contribution in [3.63, 3.8) is 0 Å². The molecule has 0 aliphatic carbocycles. The lowest BCUT2D eigenvalue weighted by Gasteiger charge is -2.37. The van der Waals surface area contributed by atoms with E-state index in [-0.39, 0.29) is 5.60 Å². The number of nitrogens with zero attached hydrogens (tertiary/aromatic N) is 2. The van der Waals surface area contributed by atoms with Crippen LogP contribution < -0.4 is 4.74 Å². The summed E-state index contributed by atoms with van der Waals surface area (Å²) in [5.41, 5.74) is 2.62. The quantitative estimate of drug-likeness (QED) is 0.855. The molecule has 3 aliphatic heterocycles.